The Morgan fingerprint density at radius 1 is 1.58 bits per heavy atom. The molecule has 2 rings (SSSR count). The molecule has 12 heavy (non-hydrogen) atoms. The highest BCUT2D eigenvalue weighted by Crippen LogP contribution is 2.26. The molecule has 0 aromatic carbocycles. The number of hydrogen-bond acceptors (Lipinski definition) is 3. The molecule has 64 valence electrons. The number of nitrogens with one attached hydrogen (secondary N) is 1. The molecule has 3 nitrogen and oxygen atoms in total. The quantitative estimate of drug-likeness (QED) is 0.692. The highest BCUT2D eigenvalue weighted by molar-refractivity contribution is 9.18. The maximum Gasteiger partial charge on any atom is 0.153 e. The molecule has 1 N–H and O–H groups in total. The van der Waals surface area contributed by atoms with E-state index in [4.69, 9.17) is 0 Å². The first-order valence-corrected chi connectivity index (χ1v) is 5.09. The van der Waals surface area contributed by atoms with E-state index in [0.717, 1.165) is 9.23 Å². The number of halogens is 2. The van der Waals surface area contributed by atoms with Crippen LogP contribution in [-0.2, 0) is 0 Å². The molecule has 2 aliphatic heterocycles. The molecular formula is C7H7Br2N3. The Bertz CT molecular complexity index is 306. The first-order chi connectivity index (χ1) is 5.68. The van der Waals surface area contributed by atoms with Gasteiger partial charge in [0.05, 0.1) is 0 Å². The summed E-state index contributed by atoms with van der Waals surface area (Å²) >= 11 is 6.74. The third-order valence-electron chi connectivity index (χ3n) is 1.82. The summed E-state index contributed by atoms with van der Waals surface area (Å²) < 4.78 is 1.73. The predicted octanol–water partition coefficient (Wildman–Crippen LogP) is 2.08. The van der Waals surface area contributed by atoms with Gasteiger partial charge in [0.1, 0.15) is 9.23 Å². The van der Waals surface area contributed by atoms with Gasteiger partial charge in [-0.2, -0.15) is 0 Å². The smallest absolute Gasteiger partial charge is 0.153 e. The summed E-state index contributed by atoms with van der Waals surface area (Å²) in [6, 6.07) is 0. The summed E-state index contributed by atoms with van der Waals surface area (Å²) in [7, 11) is 0. The fourth-order valence-corrected chi connectivity index (χ4v) is 2.42. The van der Waals surface area contributed by atoms with E-state index >= 15 is 0 Å². The number of hydrogen-bond donors (Lipinski definition) is 1. The maximum atomic E-state index is 4.23. The van der Waals surface area contributed by atoms with E-state index < -0.39 is 0 Å². The molecule has 0 aromatic rings. The molecule has 0 fully saturated rings. The van der Waals surface area contributed by atoms with Gasteiger partial charge < -0.3 is 10.2 Å². The van der Waals surface area contributed by atoms with Crippen LogP contribution in [0.5, 0.6) is 0 Å². The Balaban J connectivity index is 2.35. The van der Waals surface area contributed by atoms with E-state index in [1.165, 1.54) is 5.70 Å². The number of nitrogens with zero attached hydrogens (tertiary/aromatic N) is 2. The maximum absolute atomic E-state index is 4.23. The second-order valence-electron chi connectivity index (χ2n) is 2.65. The van der Waals surface area contributed by atoms with Crippen molar-refractivity contribution in [3.63, 3.8) is 0 Å². The van der Waals surface area contributed by atoms with Gasteiger partial charge in [0.2, 0.25) is 0 Å². The lowest BCUT2D eigenvalue weighted by Crippen LogP contribution is -2.39. The monoisotopic (exact) mass is 291 g/mol. The van der Waals surface area contributed by atoms with Crippen LogP contribution in [0.3, 0.4) is 0 Å². The molecule has 0 aromatic heterocycles. The third kappa shape index (κ3) is 1.21. The third-order valence-corrected chi connectivity index (χ3v) is 2.81. The Morgan fingerprint density at radius 3 is 3.08 bits per heavy atom. The molecule has 0 radical (unpaired) electrons. The van der Waals surface area contributed by atoms with Crippen LogP contribution in [0, 0.1) is 0 Å². The van der Waals surface area contributed by atoms with E-state index in [2.05, 4.69) is 54.0 Å². The fraction of sp³-hybridized carbons (Fsp3) is 0.286. The normalized spacial score (nSPS) is 27.1. The van der Waals surface area contributed by atoms with Crippen LogP contribution in [0.1, 0.15) is 6.92 Å². The van der Waals surface area contributed by atoms with Crippen LogP contribution in [0.25, 0.3) is 0 Å². The summed E-state index contributed by atoms with van der Waals surface area (Å²) in [6.45, 7) is 2.05. The van der Waals surface area contributed by atoms with Crippen molar-refractivity contribution in [3.05, 3.63) is 22.7 Å². The molecule has 5 heteroatoms. The zero-order valence-electron chi connectivity index (χ0n) is 6.38. The molecule has 1 atom stereocenters. The van der Waals surface area contributed by atoms with E-state index in [0.29, 0.717) is 0 Å². The molecule has 0 spiro atoms. The van der Waals surface area contributed by atoms with E-state index in [1.54, 1.807) is 0 Å². The topological polar surface area (TPSA) is 27.6 Å². The Kier molecular flexibility index (Phi) is 2.00. The predicted molar refractivity (Wildman–Crippen MR) is 55.9 cm³/mol. The van der Waals surface area contributed by atoms with Gasteiger partial charge in [0.15, 0.2) is 6.17 Å². The Labute approximate surface area is 87.5 Å². The summed E-state index contributed by atoms with van der Waals surface area (Å²) in [6.07, 6.45) is 4.08. The van der Waals surface area contributed by atoms with Crippen molar-refractivity contribution in [2.24, 2.45) is 4.99 Å². The average molecular weight is 293 g/mol. The van der Waals surface area contributed by atoms with Gasteiger partial charge in [-0.15, -0.1) is 0 Å². The Hall–Kier alpha value is -0.290. The van der Waals surface area contributed by atoms with Gasteiger partial charge in [-0.05, 0) is 38.8 Å². The second-order valence-corrected chi connectivity index (χ2v) is 4.27. The molecule has 0 aliphatic carbocycles. The van der Waals surface area contributed by atoms with Crippen LogP contribution in [0.15, 0.2) is 27.7 Å². The molecule has 0 saturated heterocycles. The summed E-state index contributed by atoms with van der Waals surface area (Å²) in [5.41, 5.74) is 1.18. The van der Waals surface area contributed by atoms with Crippen molar-refractivity contribution >= 4 is 36.5 Å². The standard InChI is InChI=1S/C7H7Br2N3/c1-4-2-10-7-6(9)11-5(8)3-12(4)7/h2-3,7,10H,1H3. The van der Waals surface area contributed by atoms with Crippen molar-refractivity contribution in [2.45, 2.75) is 13.1 Å². The van der Waals surface area contributed by atoms with Gasteiger partial charge in [-0.3, -0.25) is 0 Å². The van der Waals surface area contributed by atoms with Crippen LogP contribution in [0.4, 0.5) is 0 Å². The van der Waals surface area contributed by atoms with Crippen LogP contribution in [0.2, 0.25) is 0 Å². The van der Waals surface area contributed by atoms with Crippen molar-refractivity contribution < 1.29 is 0 Å². The lowest BCUT2D eigenvalue weighted by atomic mass is 10.4. The first kappa shape index (κ1) is 8.31. The van der Waals surface area contributed by atoms with Gasteiger partial charge in [-0.25, -0.2) is 4.99 Å². The van der Waals surface area contributed by atoms with Crippen molar-refractivity contribution in [2.75, 3.05) is 0 Å². The van der Waals surface area contributed by atoms with Crippen LogP contribution in [-0.4, -0.2) is 15.7 Å². The van der Waals surface area contributed by atoms with Gasteiger partial charge in [0.25, 0.3) is 0 Å². The highest BCUT2D eigenvalue weighted by atomic mass is 79.9. The lowest BCUT2D eigenvalue weighted by Gasteiger charge is -2.26. The minimum atomic E-state index is 0.145. The number of allylic oxidation sites excluding steroid dienone is 1. The first-order valence-electron chi connectivity index (χ1n) is 3.51. The minimum Gasteiger partial charge on any atom is -0.364 e. The van der Waals surface area contributed by atoms with Gasteiger partial charge >= 0.3 is 0 Å². The van der Waals surface area contributed by atoms with Crippen molar-refractivity contribution in [1.29, 1.82) is 0 Å². The summed E-state index contributed by atoms with van der Waals surface area (Å²) in [4.78, 5) is 6.35. The van der Waals surface area contributed by atoms with Crippen LogP contribution < -0.4 is 5.32 Å². The second kappa shape index (κ2) is 2.88. The summed E-state index contributed by atoms with van der Waals surface area (Å²) in [5.74, 6) is 0. The van der Waals surface area contributed by atoms with Crippen molar-refractivity contribution in [1.82, 2.24) is 10.2 Å². The molecule has 1 unspecified atom stereocenters. The van der Waals surface area contributed by atoms with Gasteiger partial charge in [0, 0.05) is 18.1 Å². The number of rotatable bonds is 0. The fourth-order valence-electron chi connectivity index (χ4n) is 1.22. The van der Waals surface area contributed by atoms with Crippen LogP contribution >= 0.6 is 31.9 Å². The van der Waals surface area contributed by atoms with E-state index in [9.17, 15) is 0 Å². The Morgan fingerprint density at radius 2 is 2.33 bits per heavy atom. The molecule has 2 aliphatic rings. The minimum absolute atomic E-state index is 0.145. The molecule has 2 heterocycles. The number of fused-ring (bicyclic) bond motifs is 1. The summed E-state index contributed by atoms with van der Waals surface area (Å²) in [5, 5.41) is 3.20. The largest absolute Gasteiger partial charge is 0.364 e. The SMILES string of the molecule is CC1=CNC2C(Br)=NC(Br)=CN12. The van der Waals surface area contributed by atoms with Crippen molar-refractivity contribution in [3.8, 4) is 0 Å². The zero-order chi connectivity index (χ0) is 8.72. The molecule has 0 bridgehead atoms. The number of aliphatic imine (C=N–C) groups is 1. The van der Waals surface area contributed by atoms with E-state index in [-0.39, 0.29) is 6.17 Å². The zero-order valence-corrected chi connectivity index (χ0v) is 9.55. The van der Waals surface area contributed by atoms with E-state index in [1.807, 2.05) is 12.4 Å². The average Bonchev–Trinajstić information content (AvgIpc) is 2.33. The molecule has 0 saturated carbocycles. The molecule has 0 amide bonds. The lowest BCUT2D eigenvalue weighted by molar-refractivity contribution is 0.424. The molecular weight excluding hydrogens is 286 g/mol. The highest BCUT2D eigenvalue weighted by Gasteiger charge is 2.28. The van der Waals surface area contributed by atoms with Gasteiger partial charge in [-0.1, -0.05) is 0 Å².